The van der Waals surface area contributed by atoms with Crippen LogP contribution >= 0.6 is 0 Å². The molecule has 100 valence electrons. The van der Waals surface area contributed by atoms with Crippen molar-refractivity contribution in [1.82, 2.24) is 5.32 Å². The minimum atomic E-state index is -3.32. The van der Waals surface area contributed by atoms with Gasteiger partial charge in [0.25, 0.3) is 5.92 Å². The number of halogens is 2. The zero-order chi connectivity index (χ0) is 14.3. The number of nitrogens with zero attached hydrogens (tertiary/aromatic N) is 1. The molecular weight excluding hydrogens is 254 g/mol. The van der Waals surface area contributed by atoms with Gasteiger partial charge in [-0.2, -0.15) is 5.26 Å². The molecule has 0 fully saturated rings. The second-order valence-corrected chi connectivity index (χ2v) is 3.80. The molecule has 0 atom stereocenters. The summed E-state index contributed by atoms with van der Waals surface area (Å²) in [7, 11) is 0. The van der Waals surface area contributed by atoms with Crippen molar-refractivity contribution >= 4 is 12.0 Å². The lowest BCUT2D eigenvalue weighted by Gasteiger charge is -2.12. The van der Waals surface area contributed by atoms with Crippen LogP contribution in [0.1, 0.15) is 11.1 Å². The predicted octanol–water partition coefficient (Wildman–Crippen LogP) is 1.32. The highest BCUT2D eigenvalue weighted by atomic mass is 19.3. The first kappa shape index (κ1) is 14.8. The van der Waals surface area contributed by atoms with Crippen LogP contribution in [0.2, 0.25) is 0 Å². The van der Waals surface area contributed by atoms with E-state index >= 15 is 0 Å². The summed E-state index contributed by atoms with van der Waals surface area (Å²) in [4.78, 5) is 11.2. The molecule has 0 saturated carbocycles. The molecule has 19 heavy (non-hydrogen) atoms. The van der Waals surface area contributed by atoms with E-state index in [2.05, 4.69) is 0 Å². The second-order valence-electron chi connectivity index (χ2n) is 3.80. The summed E-state index contributed by atoms with van der Waals surface area (Å²) >= 11 is 0. The van der Waals surface area contributed by atoms with Gasteiger partial charge in [0, 0.05) is 6.08 Å². The molecule has 0 bridgehead atoms. The van der Waals surface area contributed by atoms with E-state index < -0.39 is 25.0 Å². The average molecular weight is 266 g/mol. The van der Waals surface area contributed by atoms with E-state index in [0.717, 1.165) is 6.08 Å². The van der Waals surface area contributed by atoms with Gasteiger partial charge in [0.2, 0.25) is 5.91 Å². The first-order chi connectivity index (χ1) is 8.96. The van der Waals surface area contributed by atoms with E-state index in [-0.39, 0.29) is 0 Å². The topological polar surface area (TPSA) is 73.1 Å². The number of amides is 1. The highest BCUT2D eigenvalue weighted by molar-refractivity contribution is 5.91. The number of aliphatic hydroxyl groups is 1. The molecule has 0 spiro atoms. The number of carbonyl (C=O) groups excluding carboxylic acids is 1. The third-order valence-corrected chi connectivity index (χ3v) is 2.22. The first-order valence-corrected chi connectivity index (χ1v) is 5.41. The molecule has 0 heterocycles. The lowest BCUT2D eigenvalue weighted by Crippen LogP contribution is -2.38. The van der Waals surface area contributed by atoms with Crippen LogP contribution in [0.5, 0.6) is 0 Å². The van der Waals surface area contributed by atoms with E-state index in [1.54, 1.807) is 24.3 Å². The second kappa shape index (κ2) is 6.61. The highest BCUT2D eigenvalue weighted by Gasteiger charge is 2.27. The molecule has 0 aromatic heterocycles. The van der Waals surface area contributed by atoms with Gasteiger partial charge in [0.1, 0.15) is 6.61 Å². The van der Waals surface area contributed by atoms with Crippen molar-refractivity contribution in [3.8, 4) is 6.07 Å². The summed E-state index contributed by atoms with van der Waals surface area (Å²) in [5.41, 5.74) is 1.16. The van der Waals surface area contributed by atoms with Crippen LogP contribution in [-0.4, -0.2) is 30.1 Å². The van der Waals surface area contributed by atoms with E-state index in [4.69, 9.17) is 10.4 Å². The highest BCUT2D eigenvalue weighted by Crippen LogP contribution is 2.09. The molecule has 0 aliphatic rings. The molecule has 2 N–H and O–H groups in total. The maximum absolute atomic E-state index is 12.6. The monoisotopic (exact) mass is 266 g/mol. The number of aliphatic hydroxyl groups excluding tert-OH is 1. The number of nitriles is 1. The van der Waals surface area contributed by atoms with Gasteiger partial charge in [-0.25, -0.2) is 8.78 Å². The van der Waals surface area contributed by atoms with E-state index in [1.807, 2.05) is 11.4 Å². The summed E-state index contributed by atoms with van der Waals surface area (Å²) in [6.45, 7) is -2.23. The Balaban J connectivity index is 2.52. The van der Waals surface area contributed by atoms with Crippen molar-refractivity contribution in [2.75, 3.05) is 13.2 Å². The molecule has 0 aliphatic heterocycles. The van der Waals surface area contributed by atoms with Crippen LogP contribution < -0.4 is 5.32 Å². The molecule has 1 aromatic carbocycles. The van der Waals surface area contributed by atoms with Crippen LogP contribution in [0, 0.1) is 11.3 Å². The molecule has 0 radical (unpaired) electrons. The summed E-state index contributed by atoms with van der Waals surface area (Å²) < 4.78 is 25.3. The van der Waals surface area contributed by atoms with Crippen molar-refractivity contribution in [2.24, 2.45) is 0 Å². The SMILES string of the molecule is N#Cc1ccc(/C=C/C(=O)NCC(F)(F)CO)cc1. The van der Waals surface area contributed by atoms with Crippen molar-refractivity contribution in [3.05, 3.63) is 41.5 Å². The van der Waals surface area contributed by atoms with E-state index in [1.165, 1.54) is 6.08 Å². The number of rotatable bonds is 5. The van der Waals surface area contributed by atoms with Gasteiger partial charge in [0.05, 0.1) is 18.2 Å². The fourth-order valence-corrected chi connectivity index (χ4v) is 1.17. The van der Waals surface area contributed by atoms with Crippen molar-refractivity contribution in [3.63, 3.8) is 0 Å². The number of carbonyl (C=O) groups is 1. The maximum Gasteiger partial charge on any atom is 0.287 e. The lowest BCUT2D eigenvalue weighted by molar-refractivity contribution is -0.119. The Morgan fingerprint density at radius 3 is 2.58 bits per heavy atom. The fraction of sp³-hybridized carbons (Fsp3) is 0.231. The van der Waals surface area contributed by atoms with Crippen molar-refractivity contribution < 1.29 is 18.7 Å². The molecule has 4 nitrogen and oxygen atoms in total. The van der Waals surface area contributed by atoms with Crippen LogP contribution in [0.15, 0.2) is 30.3 Å². The van der Waals surface area contributed by atoms with E-state index in [0.29, 0.717) is 11.1 Å². The molecular formula is C13H12F2N2O2. The number of nitrogens with one attached hydrogen (secondary N) is 1. The van der Waals surface area contributed by atoms with Gasteiger partial charge in [-0.3, -0.25) is 4.79 Å². The zero-order valence-corrected chi connectivity index (χ0v) is 9.94. The molecule has 0 aliphatic carbocycles. The number of alkyl halides is 2. The Bertz CT molecular complexity index is 504. The third kappa shape index (κ3) is 5.27. The third-order valence-electron chi connectivity index (χ3n) is 2.22. The Hall–Kier alpha value is -2.26. The minimum Gasteiger partial charge on any atom is -0.390 e. The smallest absolute Gasteiger partial charge is 0.287 e. The average Bonchev–Trinajstić information content (AvgIpc) is 2.43. The summed E-state index contributed by atoms with van der Waals surface area (Å²) in [5, 5.41) is 18.9. The maximum atomic E-state index is 12.6. The Labute approximate surface area is 109 Å². The summed E-state index contributed by atoms with van der Waals surface area (Å²) in [6.07, 6.45) is 2.54. The van der Waals surface area contributed by atoms with Crippen LogP contribution in [-0.2, 0) is 4.79 Å². The Morgan fingerprint density at radius 1 is 1.42 bits per heavy atom. The van der Waals surface area contributed by atoms with Gasteiger partial charge < -0.3 is 10.4 Å². The molecule has 1 rings (SSSR count). The van der Waals surface area contributed by atoms with E-state index in [9.17, 15) is 13.6 Å². The number of benzene rings is 1. The number of hydrogen-bond acceptors (Lipinski definition) is 3. The van der Waals surface area contributed by atoms with Gasteiger partial charge in [-0.05, 0) is 23.8 Å². The Morgan fingerprint density at radius 2 is 2.05 bits per heavy atom. The standard InChI is InChI=1S/C13H12F2N2O2/c14-13(15,9-18)8-17-12(19)6-5-10-1-3-11(7-16)4-2-10/h1-6,18H,8-9H2,(H,17,19)/b6-5+. The fourth-order valence-electron chi connectivity index (χ4n) is 1.17. The predicted molar refractivity (Wildman–Crippen MR) is 65.2 cm³/mol. The lowest BCUT2D eigenvalue weighted by atomic mass is 10.1. The molecule has 6 heteroatoms. The quantitative estimate of drug-likeness (QED) is 0.789. The van der Waals surface area contributed by atoms with Crippen molar-refractivity contribution in [1.29, 1.82) is 5.26 Å². The first-order valence-electron chi connectivity index (χ1n) is 5.41. The van der Waals surface area contributed by atoms with Gasteiger partial charge in [-0.1, -0.05) is 12.1 Å². The summed E-state index contributed by atoms with van der Waals surface area (Å²) in [6, 6.07) is 8.37. The Kier molecular flexibility index (Phi) is 5.15. The molecule has 0 unspecified atom stereocenters. The van der Waals surface area contributed by atoms with Crippen molar-refractivity contribution in [2.45, 2.75) is 5.92 Å². The number of hydrogen-bond donors (Lipinski definition) is 2. The summed E-state index contributed by atoms with van der Waals surface area (Å²) in [5.74, 6) is -4.00. The van der Waals surface area contributed by atoms with Crippen LogP contribution in [0.25, 0.3) is 6.08 Å². The zero-order valence-electron chi connectivity index (χ0n) is 9.94. The van der Waals surface area contributed by atoms with Crippen LogP contribution in [0.4, 0.5) is 8.78 Å². The molecule has 0 saturated heterocycles. The largest absolute Gasteiger partial charge is 0.390 e. The van der Waals surface area contributed by atoms with Gasteiger partial charge in [-0.15, -0.1) is 0 Å². The van der Waals surface area contributed by atoms with Gasteiger partial charge in [0.15, 0.2) is 0 Å². The minimum absolute atomic E-state index is 0.490. The molecule has 1 amide bonds. The van der Waals surface area contributed by atoms with Gasteiger partial charge >= 0.3 is 0 Å². The molecule has 1 aromatic rings. The normalized spacial score (nSPS) is 11.3. The van der Waals surface area contributed by atoms with Crippen LogP contribution in [0.3, 0.4) is 0 Å².